The van der Waals surface area contributed by atoms with Crippen molar-refractivity contribution in [2.24, 2.45) is 0 Å². The van der Waals surface area contributed by atoms with E-state index in [2.05, 4.69) is 73.8 Å². The summed E-state index contributed by atoms with van der Waals surface area (Å²) in [5, 5.41) is 1.90. The Morgan fingerprint density at radius 2 is 1.04 bits per heavy atom. The van der Waals surface area contributed by atoms with E-state index in [1.165, 1.54) is 0 Å². The normalized spacial score (nSPS) is 10.9. The van der Waals surface area contributed by atoms with Crippen molar-refractivity contribution in [3.8, 4) is 50.7 Å². The molecule has 0 amide bonds. The number of benzene rings is 5. The number of aromatic nitrogens is 4. The van der Waals surface area contributed by atoms with E-state index in [0.717, 1.165) is 66.7 Å². The summed E-state index contributed by atoms with van der Waals surface area (Å²) >= 11 is 0. The maximum absolute atomic E-state index is 7.52. The van der Waals surface area contributed by atoms with Crippen LogP contribution in [0, 0.1) is 13.1 Å². The zero-order chi connectivity index (χ0) is 31.7. The highest BCUT2D eigenvalue weighted by atomic mass is 15.0. The molecule has 8 rings (SSSR count). The van der Waals surface area contributed by atoms with E-state index in [0.29, 0.717) is 17.2 Å². The summed E-state index contributed by atoms with van der Waals surface area (Å²) < 4.78 is 2.18. The van der Waals surface area contributed by atoms with Crippen molar-refractivity contribution in [3.63, 3.8) is 0 Å². The fraction of sp³-hybridized carbons (Fsp3) is 0. The molecule has 0 N–H and O–H groups in total. The largest absolute Gasteiger partial charge is 0.309 e. The molecule has 0 radical (unpaired) electrons. The summed E-state index contributed by atoms with van der Waals surface area (Å²) in [6.07, 6.45) is 3.64. The zero-order valence-corrected chi connectivity index (χ0v) is 25.0. The van der Waals surface area contributed by atoms with Crippen molar-refractivity contribution in [2.45, 2.75) is 0 Å². The van der Waals surface area contributed by atoms with Gasteiger partial charge in [0, 0.05) is 34.8 Å². The molecule has 0 fully saturated rings. The molecule has 0 aliphatic rings. The molecule has 0 atom stereocenters. The predicted molar refractivity (Wildman–Crippen MR) is 188 cm³/mol. The van der Waals surface area contributed by atoms with Crippen molar-refractivity contribution in [1.82, 2.24) is 19.5 Å². The van der Waals surface area contributed by atoms with Crippen LogP contribution in [0.2, 0.25) is 0 Å². The topological polar surface area (TPSA) is 52.3 Å². The smallest absolute Gasteiger partial charge is 0.188 e. The first-order valence-electron chi connectivity index (χ1n) is 15.1. The van der Waals surface area contributed by atoms with Gasteiger partial charge in [-0.15, -0.1) is 0 Å². The van der Waals surface area contributed by atoms with Gasteiger partial charge in [0.05, 0.1) is 35.6 Å². The summed E-state index contributed by atoms with van der Waals surface area (Å²) in [4.78, 5) is 21.5. The Balaban J connectivity index is 1.23. The van der Waals surface area contributed by atoms with Crippen LogP contribution in [0.25, 0.3) is 82.2 Å². The highest BCUT2D eigenvalue weighted by Crippen LogP contribution is 2.37. The molecular formula is C41H24N6. The van der Waals surface area contributed by atoms with E-state index in [9.17, 15) is 0 Å². The first-order valence-corrected chi connectivity index (χ1v) is 15.1. The molecule has 3 heterocycles. The lowest BCUT2D eigenvalue weighted by molar-refractivity contribution is 1.17. The minimum absolute atomic E-state index is 0.570. The second-order valence-electron chi connectivity index (χ2n) is 11.2. The maximum Gasteiger partial charge on any atom is 0.188 e. The van der Waals surface area contributed by atoms with E-state index in [1.807, 2.05) is 85.1 Å². The van der Waals surface area contributed by atoms with Gasteiger partial charge in [0.1, 0.15) is 0 Å². The molecule has 6 nitrogen and oxygen atoms in total. The Morgan fingerprint density at radius 3 is 1.60 bits per heavy atom. The van der Waals surface area contributed by atoms with E-state index >= 15 is 0 Å². The van der Waals surface area contributed by atoms with Gasteiger partial charge < -0.3 is 4.57 Å². The Hall–Kier alpha value is -6.89. The predicted octanol–water partition coefficient (Wildman–Crippen LogP) is 10.7. The molecule has 218 valence electrons. The molecule has 0 bridgehead atoms. The second kappa shape index (κ2) is 11.6. The van der Waals surface area contributed by atoms with Crippen molar-refractivity contribution < 1.29 is 0 Å². The van der Waals surface area contributed by atoms with Crippen LogP contribution in [0.3, 0.4) is 0 Å². The molecule has 6 heteroatoms. The molecule has 3 aromatic heterocycles. The summed E-state index contributed by atoms with van der Waals surface area (Å²) in [5.41, 5.74) is 10.8. The molecular weight excluding hydrogens is 576 g/mol. The summed E-state index contributed by atoms with van der Waals surface area (Å²) in [6.45, 7) is 15.0. The van der Waals surface area contributed by atoms with Crippen LogP contribution >= 0.6 is 0 Å². The van der Waals surface area contributed by atoms with Gasteiger partial charge in [0.2, 0.25) is 0 Å². The van der Waals surface area contributed by atoms with Gasteiger partial charge in [-0.1, -0.05) is 84.9 Å². The monoisotopic (exact) mass is 600 g/mol. The number of hydrogen-bond acceptors (Lipinski definition) is 3. The molecule has 47 heavy (non-hydrogen) atoms. The van der Waals surface area contributed by atoms with Crippen molar-refractivity contribution >= 4 is 33.2 Å². The number of nitrogens with zero attached hydrogens (tertiary/aromatic N) is 6. The van der Waals surface area contributed by atoms with E-state index < -0.39 is 0 Å². The van der Waals surface area contributed by atoms with Gasteiger partial charge in [-0.05, 0) is 70.4 Å². The average Bonchev–Trinajstić information content (AvgIpc) is 3.48. The van der Waals surface area contributed by atoms with Crippen LogP contribution in [0.4, 0.5) is 11.4 Å². The number of pyridine rings is 1. The minimum atomic E-state index is 0.570. The molecule has 8 aromatic rings. The molecule has 0 aliphatic heterocycles. The third-order valence-electron chi connectivity index (χ3n) is 8.35. The highest BCUT2D eigenvalue weighted by Gasteiger charge is 2.15. The SMILES string of the molecule is [C-]#[N+]c1ccc2c(c1)c1cc([N+]#[C-])ccc1n2-c1ccc(-c2cc(-c3ccc(-c4cccnc4)cc3)nc(-c3ccccc3)n2)cc1. The lowest BCUT2D eigenvalue weighted by Crippen LogP contribution is -1.97. The highest BCUT2D eigenvalue weighted by molar-refractivity contribution is 6.11. The first-order chi connectivity index (χ1) is 23.2. The number of fused-ring (bicyclic) bond motifs is 3. The van der Waals surface area contributed by atoms with Crippen molar-refractivity contribution in [2.75, 3.05) is 0 Å². The van der Waals surface area contributed by atoms with Gasteiger partial charge in [0.15, 0.2) is 17.2 Å². The van der Waals surface area contributed by atoms with Crippen LogP contribution in [-0.2, 0) is 0 Å². The number of hydrogen-bond donors (Lipinski definition) is 0. The van der Waals surface area contributed by atoms with Gasteiger partial charge in [0.25, 0.3) is 0 Å². The number of rotatable bonds is 5. The Bertz CT molecular complexity index is 2430. The molecule has 0 saturated heterocycles. The van der Waals surface area contributed by atoms with E-state index in [-0.39, 0.29) is 0 Å². The maximum atomic E-state index is 7.52. The van der Waals surface area contributed by atoms with Gasteiger partial charge in [-0.2, -0.15) is 0 Å². The summed E-state index contributed by atoms with van der Waals surface area (Å²) in [6, 6.07) is 44.2. The fourth-order valence-electron chi connectivity index (χ4n) is 6.02. The third-order valence-corrected chi connectivity index (χ3v) is 8.35. The van der Waals surface area contributed by atoms with Crippen LogP contribution in [0.1, 0.15) is 0 Å². The first kappa shape index (κ1) is 27.6. The van der Waals surface area contributed by atoms with Gasteiger partial charge in [-0.25, -0.2) is 19.7 Å². The van der Waals surface area contributed by atoms with Crippen LogP contribution in [-0.4, -0.2) is 19.5 Å². The molecule has 0 spiro atoms. The summed E-state index contributed by atoms with van der Waals surface area (Å²) in [5.74, 6) is 0.659. The molecule has 0 unspecified atom stereocenters. The second-order valence-corrected chi connectivity index (χ2v) is 11.2. The van der Waals surface area contributed by atoms with E-state index in [4.69, 9.17) is 23.1 Å². The Morgan fingerprint density at radius 1 is 0.489 bits per heavy atom. The third kappa shape index (κ3) is 5.07. The van der Waals surface area contributed by atoms with E-state index in [1.54, 1.807) is 6.20 Å². The standard InChI is InChI=1S/C41H24N6/c1-42-32-16-20-39-35(23-32)36-24-33(43-2)17-21-40(36)47(39)34-18-14-29(15-19-34)38-25-37(45-41(46-38)30-7-4-3-5-8-30)28-12-10-27(11-13-28)31-9-6-22-44-26-31/h3-26H. The van der Waals surface area contributed by atoms with Crippen LogP contribution in [0.15, 0.2) is 146 Å². The lowest BCUT2D eigenvalue weighted by atomic mass is 10.0. The van der Waals surface area contributed by atoms with Crippen molar-refractivity contribution in [3.05, 3.63) is 169 Å². The zero-order valence-electron chi connectivity index (χ0n) is 25.0. The Kier molecular flexibility index (Phi) is 6.80. The van der Waals surface area contributed by atoms with Gasteiger partial charge >= 0.3 is 0 Å². The lowest BCUT2D eigenvalue weighted by Gasteiger charge is -2.12. The van der Waals surface area contributed by atoms with Crippen LogP contribution in [0.5, 0.6) is 0 Å². The molecule has 0 aliphatic carbocycles. The molecule has 5 aromatic carbocycles. The van der Waals surface area contributed by atoms with Crippen LogP contribution < -0.4 is 0 Å². The van der Waals surface area contributed by atoms with Gasteiger partial charge in [-0.3, -0.25) is 4.98 Å². The fourth-order valence-corrected chi connectivity index (χ4v) is 6.02. The Labute approximate surface area is 271 Å². The van der Waals surface area contributed by atoms with Crippen molar-refractivity contribution in [1.29, 1.82) is 0 Å². The average molecular weight is 601 g/mol. The minimum Gasteiger partial charge on any atom is -0.309 e. The molecule has 0 saturated carbocycles. The summed E-state index contributed by atoms with van der Waals surface area (Å²) in [7, 11) is 0. The quantitative estimate of drug-likeness (QED) is 0.185.